The molecule has 2 unspecified atom stereocenters. The highest BCUT2D eigenvalue weighted by Crippen LogP contribution is 2.38. The molecular weight excluding hydrogens is 394 g/mol. The van der Waals surface area contributed by atoms with Crippen LogP contribution in [0.25, 0.3) is 0 Å². The number of nitrogens with one attached hydrogen (secondary N) is 1. The average molecular weight is 425 g/mol. The fourth-order valence-corrected chi connectivity index (χ4v) is 3.85. The fraction of sp³-hybridized carbons (Fsp3) is 0.375. The molecule has 7 nitrogen and oxygen atoms in total. The number of carbonyl (C=O) groups is 3. The normalized spacial score (nSPS) is 18.6. The van der Waals surface area contributed by atoms with Crippen molar-refractivity contribution in [3.8, 4) is 5.75 Å². The molecule has 31 heavy (non-hydrogen) atoms. The van der Waals surface area contributed by atoms with Gasteiger partial charge in [0.15, 0.2) is 5.78 Å². The van der Waals surface area contributed by atoms with Gasteiger partial charge in [-0.3, -0.25) is 14.4 Å². The predicted molar refractivity (Wildman–Crippen MR) is 119 cm³/mol. The molecule has 2 aromatic carbocycles. The van der Waals surface area contributed by atoms with E-state index in [-0.39, 0.29) is 5.78 Å². The molecule has 1 aliphatic heterocycles. The summed E-state index contributed by atoms with van der Waals surface area (Å²) in [5.41, 5.74) is 2.18. The third-order valence-corrected chi connectivity index (χ3v) is 5.67. The first-order chi connectivity index (χ1) is 14.7. The molecule has 164 valence electrons. The Hall–Kier alpha value is -3.19. The number of ether oxygens (including phenoxy) is 1. The van der Waals surface area contributed by atoms with Crippen LogP contribution in [0.15, 0.2) is 48.5 Å². The zero-order valence-corrected chi connectivity index (χ0v) is 18.7. The van der Waals surface area contributed by atoms with Crippen LogP contribution in [-0.4, -0.2) is 70.8 Å². The molecule has 1 heterocycles. The number of ketones is 2. The zero-order chi connectivity index (χ0) is 22.7. The first-order valence-corrected chi connectivity index (χ1v) is 10.3. The van der Waals surface area contributed by atoms with Crippen LogP contribution < -0.4 is 14.5 Å². The summed E-state index contributed by atoms with van der Waals surface area (Å²) in [7, 11) is 9.42. The second-order valence-corrected chi connectivity index (χ2v) is 8.32. The Morgan fingerprint density at radius 3 is 2.16 bits per heavy atom. The van der Waals surface area contributed by atoms with Gasteiger partial charge in [0.1, 0.15) is 11.7 Å². The molecular formula is C24H30N3O4+. The second-order valence-electron chi connectivity index (χ2n) is 8.32. The largest absolute Gasteiger partial charge is 0.497 e. The van der Waals surface area contributed by atoms with Gasteiger partial charge in [-0.2, -0.15) is 0 Å². The standard InChI is InChI=1S/C24H29N3O4/c1-25(2)14-15-27-21(16-6-10-18(11-7-16)26(3)4)20(23(29)24(27)30)22(28)17-8-12-19(31-5)13-9-17/h6-13,20-21H,14-15H2,1-5H3/p+1. The predicted octanol–water partition coefficient (Wildman–Crippen LogP) is 0.857. The van der Waals surface area contributed by atoms with E-state index in [0.717, 1.165) is 16.2 Å². The number of benzene rings is 2. The van der Waals surface area contributed by atoms with E-state index in [0.29, 0.717) is 24.4 Å². The SMILES string of the molecule is COc1ccc(C(=O)C2C(=O)C(=O)N(CC[NH+](C)C)C2c2ccc(N(C)C)cc2)cc1. The van der Waals surface area contributed by atoms with Crippen molar-refractivity contribution in [2.45, 2.75) is 6.04 Å². The molecule has 0 aromatic heterocycles. The molecule has 3 rings (SSSR count). The maximum atomic E-state index is 13.4. The molecule has 0 aliphatic carbocycles. The van der Waals surface area contributed by atoms with Crippen LogP contribution in [0.1, 0.15) is 22.0 Å². The van der Waals surface area contributed by atoms with Crippen molar-refractivity contribution >= 4 is 23.2 Å². The highest BCUT2D eigenvalue weighted by molar-refractivity contribution is 6.44. The lowest BCUT2D eigenvalue weighted by molar-refractivity contribution is -0.857. The highest BCUT2D eigenvalue weighted by Gasteiger charge is 2.51. The number of nitrogens with zero attached hydrogens (tertiary/aromatic N) is 2. The van der Waals surface area contributed by atoms with Crippen LogP contribution in [0, 0.1) is 5.92 Å². The molecule has 7 heteroatoms. The topological polar surface area (TPSA) is 71.4 Å². The van der Waals surface area contributed by atoms with Crippen molar-refractivity contribution in [1.29, 1.82) is 0 Å². The van der Waals surface area contributed by atoms with Crippen LogP contribution in [0.2, 0.25) is 0 Å². The number of methoxy groups -OCH3 is 1. The van der Waals surface area contributed by atoms with Gasteiger partial charge in [-0.25, -0.2) is 0 Å². The van der Waals surface area contributed by atoms with E-state index in [1.165, 1.54) is 0 Å². The lowest BCUT2D eigenvalue weighted by atomic mass is 9.86. The van der Waals surface area contributed by atoms with E-state index in [4.69, 9.17) is 4.74 Å². The fourth-order valence-electron chi connectivity index (χ4n) is 3.85. The van der Waals surface area contributed by atoms with Crippen LogP contribution in [0.5, 0.6) is 5.75 Å². The maximum absolute atomic E-state index is 13.4. The van der Waals surface area contributed by atoms with Gasteiger partial charge in [0, 0.05) is 25.3 Å². The minimum absolute atomic E-state index is 0.345. The van der Waals surface area contributed by atoms with Gasteiger partial charge in [0.05, 0.1) is 40.3 Å². The summed E-state index contributed by atoms with van der Waals surface area (Å²) in [5, 5.41) is 0. The van der Waals surface area contributed by atoms with Crippen molar-refractivity contribution in [2.75, 3.05) is 53.3 Å². The quantitative estimate of drug-likeness (QED) is 0.387. The number of likely N-dealkylation sites (N-methyl/N-ethyl adjacent to an activating group) is 1. The van der Waals surface area contributed by atoms with Crippen molar-refractivity contribution in [3.05, 3.63) is 59.7 Å². The van der Waals surface area contributed by atoms with Gasteiger partial charge >= 0.3 is 0 Å². The molecule has 1 fully saturated rings. The third-order valence-electron chi connectivity index (χ3n) is 5.67. The van der Waals surface area contributed by atoms with Crippen LogP contribution >= 0.6 is 0 Å². The Labute approximate surface area is 183 Å². The van der Waals surface area contributed by atoms with Gasteiger partial charge in [0.2, 0.25) is 5.78 Å². The monoisotopic (exact) mass is 424 g/mol. The number of hydrogen-bond donors (Lipinski definition) is 1. The minimum Gasteiger partial charge on any atom is -0.497 e. The molecule has 0 saturated carbocycles. The average Bonchev–Trinajstić information content (AvgIpc) is 3.02. The number of rotatable bonds is 8. The smallest absolute Gasteiger partial charge is 0.291 e. The van der Waals surface area contributed by atoms with Gasteiger partial charge in [-0.15, -0.1) is 0 Å². The number of hydrogen-bond acceptors (Lipinski definition) is 5. The number of carbonyl (C=O) groups excluding carboxylic acids is 3. The Kier molecular flexibility index (Phi) is 6.75. The Balaban J connectivity index is 2.01. The minimum atomic E-state index is -1.07. The summed E-state index contributed by atoms with van der Waals surface area (Å²) in [6, 6.07) is 13.7. The summed E-state index contributed by atoms with van der Waals surface area (Å²) < 4.78 is 5.16. The van der Waals surface area contributed by atoms with Gasteiger partial charge in [-0.05, 0) is 42.0 Å². The molecule has 1 N–H and O–H groups in total. The van der Waals surface area contributed by atoms with Crippen molar-refractivity contribution in [3.63, 3.8) is 0 Å². The van der Waals surface area contributed by atoms with Crippen molar-refractivity contribution in [2.24, 2.45) is 5.92 Å². The van der Waals surface area contributed by atoms with Crippen LogP contribution in [0.3, 0.4) is 0 Å². The summed E-state index contributed by atoms with van der Waals surface area (Å²) >= 11 is 0. The Bertz CT molecular complexity index is 952. The van der Waals surface area contributed by atoms with Crippen molar-refractivity contribution in [1.82, 2.24) is 4.90 Å². The molecule has 0 radical (unpaired) electrons. The second kappa shape index (κ2) is 9.31. The van der Waals surface area contributed by atoms with E-state index in [1.54, 1.807) is 36.3 Å². The Morgan fingerprint density at radius 2 is 1.65 bits per heavy atom. The molecule has 1 aliphatic rings. The van der Waals surface area contributed by atoms with Gasteiger partial charge < -0.3 is 19.4 Å². The summed E-state index contributed by atoms with van der Waals surface area (Å²) in [5.74, 6) is -2.02. The number of quaternary nitrogens is 1. The van der Waals surface area contributed by atoms with E-state index in [9.17, 15) is 14.4 Å². The lowest BCUT2D eigenvalue weighted by Gasteiger charge is -2.28. The van der Waals surface area contributed by atoms with Gasteiger partial charge in [0.25, 0.3) is 5.91 Å². The summed E-state index contributed by atoms with van der Waals surface area (Å²) in [6.07, 6.45) is 0. The highest BCUT2D eigenvalue weighted by atomic mass is 16.5. The summed E-state index contributed by atoms with van der Waals surface area (Å²) in [6.45, 7) is 1.08. The molecule has 2 aromatic rings. The molecule has 0 bridgehead atoms. The third kappa shape index (κ3) is 4.61. The van der Waals surface area contributed by atoms with Gasteiger partial charge in [-0.1, -0.05) is 12.1 Å². The molecule has 0 spiro atoms. The maximum Gasteiger partial charge on any atom is 0.291 e. The number of amides is 1. The van der Waals surface area contributed by atoms with Crippen LogP contribution in [0.4, 0.5) is 5.69 Å². The van der Waals surface area contributed by atoms with E-state index < -0.39 is 23.7 Å². The van der Waals surface area contributed by atoms with Crippen LogP contribution in [-0.2, 0) is 9.59 Å². The molecule has 1 amide bonds. The first-order valence-electron chi connectivity index (χ1n) is 10.3. The Morgan fingerprint density at radius 1 is 1.03 bits per heavy atom. The van der Waals surface area contributed by atoms with E-state index in [2.05, 4.69) is 0 Å². The number of Topliss-reactive ketones (excluding diaryl/α,β-unsaturated/α-hetero) is 2. The first kappa shape index (κ1) is 22.5. The van der Waals surface area contributed by atoms with Crippen molar-refractivity contribution < 1.29 is 24.0 Å². The lowest BCUT2D eigenvalue weighted by Crippen LogP contribution is -3.06. The molecule has 2 atom stereocenters. The summed E-state index contributed by atoms with van der Waals surface area (Å²) in [4.78, 5) is 44.0. The zero-order valence-electron chi connectivity index (χ0n) is 18.7. The molecule has 1 saturated heterocycles. The number of likely N-dealkylation sites (tertiary alicyclic amines) is 1. The van der Waals surface area contributed by atoms with E-state index in [1.807, 2.05) is 57.4 Å². The van der Waals surface area contributed by atoms with E-state index >= 15 is 0 Å². The number of anilines is 1.